The standard InChI is InChI=1S/C13H26N2/c1-10(2)11-6-8-15(9-7-11)12(14)13(3,4)5/h10-11,14H,6-9H2,1-5H3. The van der Waals surface area contributed by atoms with Gasteiger partial charge in [-0.2, -0.15) is 0 Å². The Morgan fingerprint density at radius 2 is 1.67 bits per heavy atom. The van der Waals surface area contributed by atoms with Crippen molar-refractivity contribution >= 4 is 5.84 Å². The Hall–Kier alpha value is -0.530. The number of hydrogen-bond donors (Lipinski definition) is 1. The maximum Gasteiger partial charge on any atom is 0.101 e. The summed E-state index contributed by atoms with van der Waals surface area (Å²) in [5.74, 6) is 2.48. The summed E-state index contributed by atoms with van der Waals surface area (Å²) in [6, 6.07) is 0. The van der Waals surface area contributed by atoms with Gasteiger partial charge in [-0.15, -0.1) is 0 Å². The Kier molecular flexibility index (Phi) is 3.80. The van der Waals surface area contributed by atoms with E-state index in [9.17, 15) is 0 Å². The number of hydrogen-bond acceptors (Lipinski definition) is 1. The minimum Gasteiger partial charge on any atom is -0.360 e. The third-order valence-corrected chi connectivity index (χ3v) is 3.51. The Labute approximate surface area is 94.6 Å². The highest BCUT2D eigenvalue weighted by atomic mass is 15.2. The molecule has 0 bridgehead atoms. The molecule has 2 heteroatoms. The average Bonchev–Trinajstić information content (AvgIpc) is 2.15. The second-order valence-electron chi connectivity index (χ2n) is 6.17. The number of amidine groups is 1. The molecule has 1 N–H and O–H groups in total. The normalized spacial score (nSPS) is 19.7. The van der Waals surface area contributed by atoms with Crippen LogP contribution in [0.3, 0.4) is 0 Å². The van der Waals surface area contributed by atoms with Gasteiger partial charge < -0.3 is 4.90 Å². The number of nitrogens with one attached hydrogen (secondary N) is 1. The second kappa shape index (κ2) is 4.54. The molecule has 15 heavy (non-hydrogen) atoms. The Bertz CT molecular complexity index is 217. The van der Waals surface area contributed by atoms with E-state index in [4.69, 9.17) is 5.41 Å². The molecule has 1 aliphatic heterocycles. The van der Waals surface area contributed by atoms with Crippen LogP contribution in [0.1, 0.15) is 47.5 Å². The van der Waals surface area contributed by atoms with E-state index in [1.165, 1.54) is 12.8 Å². The van der Waals surface area contributed by atoms with Gasteiger partial charge in [-0.25, -0.2) is 0 Å². The smallest absolute Gasteiger partial charge is 0.101 e. The first-order chi connectivity index (χ1) is 6.82. The zero-order chi connectivity index (χ0) is 11.6. The summed E-state index contributed by atoms with van der Waals surface area (Å²) >= 11 is 0. The van der Waals surface area contributed by atoms with E-state index in [0.29, 0.717) is 0 Å². The molecule has 0 spiro atoms. The third kappa shape index (κ3) is 3.22. The van der Waals surface area contributed by atoms with Gasteiger partial charge in [0.15, 0.2) is 0 Å². The maximum atomic E-state index is 8.13. The van der Waals surface area contributed by atoms with Gasteiger partial charge in [0.1, 0.15) is 5.84 Å². The van der Waals surface area contributed by atoms with Crippen LogP contribution in [0.15, 0.2) is 0 Å². The second-order valence-corrected chi connectivity index (χ2v) is 6.17. The Morgan fingerprint density at radius 3 is 2.00 bits per heavy atom. The fourth-order valence-corrected chi connectivity index (χ4v) is 2.26. The zero-order valence-corrected chi connectivity index (χ0v) is 10.9. The first-order valence-corrected chi connectivity index (χ1v) is 6.16. The molecule has 0 aromatic heterocycles. The highest BCUT2D eigenvalue weighted by Gasteiger charge is 2.28. The molecule has 88 valence electrons. The molecule has 0 radical (unpaired) electrons. The van der Waals surface area contributed by atoms with Crippen molar-refractivity contribution in [3.05, 3.63) is 0 Å². The van der Waals surface area contributed by atoms with Gasteiger partial charge in [-0.3, -0.25) is 5.41 Å². The summed E-state index contributed by atoms with van der Waals surface area (Å²) in [6.45, 7) is 13.2. The van der Waals surface area contributed by atoms with E-state index in [2.05, 4.69) is 39.5 Å². The molecule has 1 aliphatic rings. The first kappa shape index (κ1) is 12.5. The minimum atomic E-state index is 0.00463. The molecule has 1 fully saturated rings. The lowest BCUT2D eigenvalue weighted by atomic mass is 9.85. The molecular weight excluding hydrogens is 184 g/mol. The SMILES string of the molecule is CC(C)C1CCN(C(=N)C(C)(C)C)CC1. The third-order valence-electron chi connectivity index (χ3n) is 3.51. The van der Waals surface area contributed by atoms with Crippen LogP contribution < -0.4 is 0 Å². The molecule has 2 nitrogen and oxygen atoms in total. The van der Waals surface area contributed by atoms with Crippen molar-refractivity contribution in [1.29, 1.82) is 5.41 Å². The van der Waals surface area contributed by atoms with Gasteiger partial charge in [-0.05, 0) is 24.7 Å². The summed E-state index contributed by atoms with van der Waals surface area (Å²) in [5, 5.41) is 8.13. The summed E-state index contributed by atoms with van der Waals surface area (Å²) < 4.78 is 0. The first-order valence-electron chi connectivity index (χ1n) is 6.16. The molecular formula is C13H26N2. The van der Waals surface area contributed by atoms with Crippen molar-refractivity contribution in [3.8, 4) is 0 Å². The van der Waals surface area contributed by atoms with Crippen molar-refractivity contribution in [2.75, 3.05) is 13.1 Å². The fourth-order valence-electron chi connectivity index (χ4n) is 2.26. The van der Waals surface area contributed by atoms with Crippen LogP contribution in [0.25, 0.3) is 0 Å². The summed E-state index contributed by atoms with van der Waals surface area (Å²) in [5.41, 5.74) is 0.00463. The van der Waals surface area contributed by atoms with Crippen LogP contribution in [0.2, 0.25) is 0 Å². The molecule has 1 heterocycles. The van der Waals surface area contributed by atoms with Crippen molar-refractivity contribution in [3.63, 3.8) is 0 Å². The van der Waals surface area contributed by atoms with E-state index >= 15 is 0 Å². The molecule has 0 aliphatic carbocycles. The van der Waals surface area contributed by atoms with E-state index < -0.39 is 0 Å². The topological polar surface area (TPSA) is 27.1 Å². The fraction of sp³-hybridized carbons (Fsp3) is 0.923. The number of rotatable bonds is 1. The highest BCUT2D eigenvalue weighted by molar-refractivity contribution is 5.84. The van der Waals surface area contributed by atoms with Crippen molar-refractivity contribution in [2.24, 2.45) is 17.3 Å². The molecule has 1 rings (SSSR count). The van der Waals surface area contributed by atoms with E-state index in [-0.39, 0.29) is 5.41 Å². The van der Waals surface area contributed by atoms with Crippen LogP contribution in [0, 0.1) is 22.7 Å². The van der Waals surface area contributed by atoms with Crippen molar-refractivity contribution < 1.29 is 0 Å². The molecule has 0 amide bonds. The highest BCUT2D eigenvalue weighted by Crippen LogP contribution is 2.27. The Morgan fingerprint density at radius 1 is 1.20 bits per heavy atom. The van der Waals surface area contributed by atoms with Gasteiger partial charge in [0.25, 0.3) is 0 Å². The van der Waals surface area contributed by atoms with Crippen molar-refractivity contribution in [1.82, 2.24) is 4.90 Å². The summed E-state index contributed by atoms with van der Waals surface area (Å²) in [6.07, 6.45) is 2.52. The monoisotopic (exact) mass is 210 g/mol. The predicted molar refractivity (Wildman–Crippen MR) is 66.3 cm³/mol. The van der Waals surface area contributed by atoms with Gasteiger partial charge >= 0.3 is 0 Å². The van der Waals surface area contributed by atoms with E-state index in [0.717, 1.165) is 30.8 Å². The number of likely N-dealkylation sites (tertiary alicyclic amines) is 1. The van der Waals surface area contributed by atoms with Crippen LogP contribution in [-0.2, 0) is 0 Å². The molecule has 0 unspecified atom stereocenters. The quantitative estimate of drug-likeness (QED) is 0.521. The van der Waals surface area contributed by atoms with Gasteiger partial charge in [-0.1, -0.05) is 34.6 Å². The predicted octanol–water partition coefficient (Wildman–Crippen LogP) is 3.38. The molecule has 0 atom stereocenters. The van der Waals surface area contributed by atoms with Crippen molar-refractivity contribution in [2.45, 2.75) is 47.5 Å². The van der Waals surface area contributed by atoms with E-state index in [1.807, 2.05) is 0 Å². The lowest BCUT2D eigenvalue weighted by Crippen LogP contribution is -2.44. The summed E-state index contributed by atoms with van der Waals surface area (Å²) in [4.78, 5) is 2.26. The lowest BCUT2D eigenvalue weighted by Gasteiger charge is -2.39. The Balaban J connectivity index is 2.48. The number of piperidine rings is 1. The van der Waals surface area contributed by atoms with Crippen LogP contribution in [0.5, 0.6) is 0 Å². The lowest BCUT2D eigenvalue weighted by molar-refractivity contribution is 0.208. The van der Waals surface area contributed by atoms with Gasteiger partial charge in [0.05, 0.1) is 0 Å². The minimum absolute atomic E-state index is 0.00463. The largest absolute Gasteiger partial charge is 0.360 e. The molecule has 0 aromatic carbocycles. The molecule has 0 aromatic rings. The molecule has 0 saturated carbocycles. The zero-order valence-electron chi connectivity index (χ0n) is 10.9. The van der Waals surface area contributed by atoms with E-state index in [1.54, 1.807) is 0 Å². The van der Waals surface area contributed by atoms with Gasteiger partial charge in [0.2, 0.25) is 0 Å². The average molecular weight is 210 g/mol. The summed E-state index contributed by atoms with van der Waals surface area (Å²) in [7, 11) is 0. The van der Waals surface area contributed by atoms with Crippen LogP contribution in [-0.4, -0.2) is 23.8 Å². The van der Waals surface area contributed by atoms with Crippen LogP contribution >= 0.6 is 0 Å². The molecule has 1 saturated heterocycles. The van der Waals surface area contributed by atoms with Crippen LogP contribution in [0.4, 0.5) is 0 Å². The number of nitrogens with zero attached hydrogens (tertiary/aromatic N) is 1. The van der Waals surface area contributed by atoms with Gasteiger partial charge in [0, 0.05) is 18.5 Å². The maximum absolute atomic E-state index is 8.13.